The minimum Gasteiger partial charge on any atom is -0.380 e. The Morgan fingerprint density at radius 1 is 1.21 bits per heavy atom. The fourth-order valence-corrected chi connectivity index (χ4v) is 3.82. The Bertz CT molecular complexity index is 558. The highest BCUT2D eigenvalue weighted by Crippen LogP contribution is 2.27. The molecule has 2 heterocycles. The van der Waals surface area contributed by atoms with E-state index in [1.807, 2.05) is 11.0 Å². The van der Waals surface area contributed by atoms with Crippen molar-refractivity contribution in [2.24, 2.45) is 0 Å². The molecule has 4 nitrogen and oxygen atoms in total. The molecule has 0 aromatic heterocycles. The molecule has 1 aromatic carbocycles. The molecule has 0 spiro atoms. The van der Waals surface area contributed by atoms with E-state index >= 15 is 0 Å². The topological polar surface area (TPSA) is 41.6 Å². The summed E-state index contributed by atoms with van der Waals surface area (Å²) in [5.41, 5.74) is 3.36. The number of ether oxygens (including phenoxy) is 1. The van der Waals surface area contributed by atoms with Crippen LogP contribution in [-0.4, -0.2) is 50.2 Å². The van der Waals surface area contributed by atoms with E-state index in [0.29, 0.717) is 12.5 Å². The highest BCUT2D eigenvalue weighted by molar-refractivity contribution is 5.94. The van der Waals surface area contributed by atoms with E-state index in [4.69, 9.17) is 4.74 Å². The summed E-state index contributed by atoms with van der Waals surface area (Å²) in [7, 11) is 1.74. The van der Waals surface area contributed by atoms with Crippen LogP contribution >= 0.6 is 12.4 Å². The van der Waals surface area contributed by atoms with E-state index in [0.717, 1.165) is 50.9 Å². The Hall–Kier alpha value is -1.10. The normalized spacial score (nSPS) is 22.1. The molecule has 2 fully saturated rings. The second-order valence-electron chi connectivity index (χ2n) is 6.91. The van der Waals surface area contributed by atoms with E-state index in [1.54, 1.807) is 7.11 Å². The number of rotatable bonds is 3. The van der Waals surface area contributed by atoms with Gasteiger partial charge in [0.2, 0.25) is 0 Å². The van der Waals surface area contributed by atoms with Gasteiger partial charge in [-0.25, -0.2) is 0 Å². The summed E-state index contributed by atoms with van der Waals surface area (Å²) in [6, 6.07) is 6.41. The summed E-state index contributed by atoms with van der Waals surface area (Å²) in [5.74, 6) is 0.737. The van der Waals surface area contributed by atoms with Crippen molar-refractivity contribution < 1.29 is 9.53 Å². The Morgan fingerprint density at radius 3 is 2.67 bits per heavy atom. The van der Waals surface area contributed by atoms with Gasteiger partial charge in [0, 0.05) is 25.8 Å². The molecule has 2 aliphatic rings. The number of aryl methyl sites for hydroxylation is 1. The Kier molecular flexibility index (Phi) is 7.08. The molecule has 0 radical (unpaired) electrons. The number of piperidine rings is 2. The van der Waals surface area contributed by atoms with Gasteiger partial charge in [-0.1, -0.05) is 11.6 Å². The van der Waals surface area contributed by atoms with Gasteiger partial charge in [-0.3, -0.25) is 4.79 Å². The number of methoxy groups -OCH3 is 1. The van der Waals surface area contributed by atoms with Crippen LogP contribution in [0.25, 0.3) is 0 Å². The second kappa shape index (κ2) is 8.84. The van der Waals surface area contributed by atoms with E-state index < -0.39 is 0 Å². The maximum absolute atomic E-state index is 12.9. The molecule has 1 unspecified atom stereocenters. The van der Waals surface area contributed by atoms with Crippen LogP contribution in [0.1, 0.15) is 53.1 Å². The van der Waals surface area contributed by atoms with Crippen LogP contribution in [0.3, 0.4) is 0 Å². The fourth-order valence-electron chi connectivity index (χ4n) is 3.82. The number of carbonyl (C=O) groups excluding carboxylic acids is 1. The van der Waals surface area contributed by atoms with Crippen LogP contribution in [0, 0.1) is 6.92 Å². The zero-order valence-corrected chi connectivity index (χ0v) is 15.5. The van der Waals surface area contributed by atoms with E-state index in [2.05, 4.69) is 24.4 Å². The standard InChI is InChI=1S/C19H28N2O2.ClH/c1-14-10-16(15-5-7-20-8-6-15)12-17(11-14)19(22)21-9-3-4-18(13-21)23-2;/h10-12,15,18,20H,3-9,13H2,1-2H3;1H. The summed E-state index contributed by atoms with van der Waals surface area (Å²) in [5, 5.41) is 3.41. The average Bonchev–Trinajstić information content (AvgIpc) is 2.61. The summed E-state index contributed by atoms with van der Waals surface area (Å²) < 4.78 is 5.45. The third kappa shape index (κ3) is 4.50. The second-order valence-corrected chi connectivity index (χ2v) is 6.91. The van der Waals surface area contributed by atoms with Crippen molar-refractivity contribution in [2.75, 3.05) is 33.3 Å². The van der Waals surface area contributed by atoms with E-state index in [9.17, 15) is 4.79 Å². The van der Waals surface area contributed by atoms with Gasteiger partial charge in [0.05, 0.1) is 6.10 Å². The minimum atomic E-state index is 0. The van der Waals surface area contributed by atoms with Gasteiger partial charge in [-0.15, -0.1) is 12.4 Å². The number of amides is 1. The molecule has 134 valence electrons. The third-order valence-corrected chi connectivity index (χ3v) is 5.16. The van der Waals surface area contributed by atoms with Crippen molar-refractivity contribution in [1.29, 1.82) is 0 Å². The largest absolute Gasteiger partial charge is 0.380 e. The summed E-state index contributed by atoms with van der Waals surface area (Å²) in [6.45, 7) is 5.80. The lowest BCUT2D eigenvalue weighted by Gasteiger charge is -2.32. The number of nitrogens with one attached hydrogen (secondary N) is 1. The molecule has 1 aromatic rings. The van der Waals surface area contributed by atoms with Crippen molar-refractivity contribution in [3.05, 3.63) is 34.9 Å². The first-order valence-electron chi connectivity index (χ1n) is 8.81. The molecule has 0 saturated carbocycles. The molecule has 2 saturated heterocycles. The number of hydrogen-bond acceptors (Lipinski definition) is 3. The zero-order valence-electron chi connectivity index (χ0n) is 14.7. The molecule has 5 heteroatoms. The van der Waals surface area contributed by atoms with Crippen molar-refractivity contribution in [3.63, 3.8) is 0 Å². The molecule has 3 rings (SSSR count). The molecule has 0 bridgehead atoms. The highest BCUT2D eigenvalue weighted by atomic mass is 35.5. The first kappa shape index (κ1) is 19.2. The van der Waals surface area contributed by atoms with Gasteiger partial charge in [0.25, 0.3) is 5.91 Å². The maximum atomic E-state index is 12.9. The number of benzene rings is 1. The van der Waals surface area contributed by atoms with Crippen molar-refractivity contribution >= 4 is 18.3 Å². The number of hydrogen-bond donors (Lipinski definition) is 1. The Morgan fingerprint density at radius 2 is 1.96 bits per heavy atom. The molecule has 24 heavy (non-hydrogen) atoms. The summed E-state index contributed by atoms with van der Waals surface area (Å²) in [4.78, 5) is 14.9. The fraction of sp³-hybridized carbons (Fsp3) is 0.632. The van der Waals surface area contributed by atoms with Gasteiger partial charge >= 0.3 is 0 Å². The minimum absolute atomic E-state index is 0. The lowest BCUT2D eigenvalue weighted by molar-refractivity contribution is 0.0269. The van der Waals surface area contributed by atoms with Crippen molar-refractivity contribution in [1.82, 2.24) is 10.2 Å². The highest BCUT2D eigenvalue weighted by Gasteiger charge is 2.25. The first-order chi connectivity index (χ1) is 11.2. The van der Waals surface area contributed by atoms with Crippen LogP contribution in [-0.2, 0) is 4.74 Å². The predicted molar refractivity (Wildman–Crippen MR) is 99.2 cm³/mol. The van der Waals surface area contributed by atoms with Crippen LogP contribution in [0.5, 0.6) is 0 Å². The number of likely N-dealkylation sites (tertiary alicyclic amines) is 1. The van der Waals surface area contributed by atoms with Gasteiger partial charge in [0.1, 0.15) is 0 Å². The third-order valence-electron chi connectivity index (χ3n) is 5.16. The van der Waals surface area contributed by atoms with Crippen LogP contribution in [0.2, 0.25) is 0 Å². The lowest BCUT2D eigenvalue weighted by Crippen LogP contribution is -2.43. The number of nitrogens with zero attached hydrogens (tertiary/aromatic N) is 1. The summed E-state index contributed by atoms with van der Waals surface area (Å²) in [6.07, 6.45) is 4.58. The van der Waals surface area contributed by atoms with Crippen LogP contribution < -0.4 is 5.32 Å². The van der Waals surface area contributed by atoms with Gasteiger partial charge < -0.3 is 15.0 Å². The lowest BCUT2D eigenvalue weighted by atomic mass is 9.88. The van der Waals surface area contributed by atoms with Gasteiger partial charge in [-0.2, -0.15) is 0 Å². The number of halogens is 1. The molecule has 1 atom stereocenters. The monoisotopic (exact) mass is 352 g/mol. The summed E-state index contributed by atoms with van der Waals surface area (Å²) >= 11 is 0. The van der Waals surface area contributed by atoms with Crippen LogP contribution in [0.4, 0.5) is 0 Å². The van der Waals surface area contributed by atoms with E-state index in [1.165, 1.54) is 11.1 Å². The average molecular weight is 353 g/mol. The van der Waals surface area contributed by atoms with Crippen molar-refractivity contribution in [3.8, 4) is 0 Å². The van der Waals surface area contributed by atoms with Crippen molar-refractivity contribution in [2.45, 2.75) is 44.6 Å². The SMILES string of the molecule is COC1CCCN(C(=O)c2cc(C)cc(C3CCNCC3)c2)C1.Cl. The molecular formula is C19H29ClN2O2. The molecule has 0 aliphatic carbocycles. The molecule has 1 amide bonds. The smallest absolute Gasteiger partial charge is 0.253 e. The predicted octanol–water partition coefficient (Wildman–Crippen LogP) is 3.13. The molecule has 1 N–H and O–H groups in total. The first-order valence-corrected chi connectivity index (χ1v) is 8.81. The Balaban J connectivity index is 0.00000208. The molecule has 2 aliphatic heterocycles. The van der Waals surface area contributed by atoms with E-state index in [-0.39, 0.29) is 24.4 Å². The Labute approximate surface area is 151 Å². The van der Waals surface area contributed by atoms with Gasteiger partial charge in [0.15, 0.2) is 0 Å². The van der Waals surface area contributed by atoms with Crippen LogP contribution in [0.15, 0.2) is 18.2 Å². The zero-order chi connectivity index (χ0) is 16.2. The molecular weight excluding hydrogens is 324 g/mol. The van der Waals surface area contributed by atoms with Gasteiger partial charge in [-0.05, 0) is 69.3 Å². The maximum Gasteiger partial charge on any atom is 0.253 e. The quantitative estimate of drug-likeness (QED) is 0.908. The number of carbonyl (C=O) groups is 1.